The topological polar surface area (TPSA) is 3.24 Å². The summed E-state index contributed by atoms with van der Waals surface area (Å²) in [5.74, 6) is 0. The van der Waals surface area contributed by atoms with Crippen LogP contribution in [0.15, 0.2) is 54.8 Å². The molecule has 0 radical (unpaired) electrons. The first-order valence-corrected chi connectivity index (χ1v) is 5.43. The highest BCUT2D eigenvalue weighted by molar-refractivity contribution is 5.27. The standard InChI is InChI=1S/C14H17N/c1-12-7-6-10-15(13(12)2)11-14-8-4-3-5-9-14/h3-5,8-9H,1-2,6-7,10-11H2. The number of nitrogens with zero attached hydrogens (tertiary/aromatic N) is 1. The SMILES string of the molecule is C=C1CCCN(Cc2ccccc2)C1=C. The molecule has 0 saturated carbocycles. The van der Waals surface area contributed by atoms with Gasteiger partial charge in [0.1, 0.15) is 0 Å². The predicted molar refractivity (Wildman–Crippen MR) is 64.4 cm³/mol. The van der Waals surface area contributed by atoms with Crippen molar-refractivity contribution >= 4 is 0 Å². The fourth-order valence-corrected chi connectivity index (χ4v) is 1.96. The Hall–Kier alpha value is -1.50. The van der Waals surface area contributed by atoms with E-state index in [0.29, 0.717) is 0 Å². The first-order chi connectivity index (χ1) is 7.27. The molecule has 15 heavy (non-hydrogen) atoms. The lowest BCUT2D eigenvalue weighted by Crippen LogP contribution is -2.27. The quantitative estimate of drug-likeness (QED) is 0.706. The highest BCUT2D eigenvalue weighted by atomic mass is 15.1. The van der Waals surface area contributed by atoms with E-state index in [2.05, 4.69) is 42.3 Å². The average Bonchev–Trinajstić information content (AvgIpc) is 2.26. The van der Waals surface area contributed by atoms with Crippen LogP contribution < -0.4 is 0 Å². The Morgan fingerprint density at radius 3 is 2.60 bits per heavy atom. The molecule has 0 unspecified atom stereocenters. The highest BCUT2D eigenvalue weighted by Crippen LogP contribution is 2.24. The van der Waals surface area contributed by atoms with Gasteiger partial charge in [-0.15, -0.1) is 0 Å². The van der Waals surface area contributed by atoms with Crippen LogP contribution in [0, 0.1) is 0 Å². The van der Waals surface area contributed by atoms with Gasteiger partial charge in [0.2, 0.25) is 0 Å². The van der Waals surface area contributed by atoms with Gasteiger partial charge in [0.25, 0.3) is 0 Å². The number of rotatable bonds is 2. The van der Waals surface area contributed by atoms with Crippen LogP contribution in [0.1, 0.15) is 18.4 Å². The molecule has 1 aromatic rings. The van der Waals surface area contributed by atoms with Crippen LogP contribution in [0.5, 0.6) is 0 Å². The van der Waals surface area contributed by atoms with Crippen molar-refractivity contribution in [2.75, 3.05) is 6.54 Å². The van der Waals surface area contributed by atoms with Gasteiger partial charge in [-0.3, -0.25) is 0 Å². The Kier molecular flexibility index (Phi) is 2.91. The van der Waals surface area contributed by atoms with Gasteiger partial charge in [-0.05, 0) is 24.0 Å². The van der Waals surface area contributed by atoms with Crippen molar-refractivity contribution in [1.29, 1.82) is 0 Å². The number of likely N-dealkylation sites (tertiary alicyclic amines) is 1. The van der Waals surface area contributed by atoms with Gasteiger partial charge in [-0.1, -0.05) is 43.5 Å². The summed E-state index contributed by atoms with van der Waals surface area (Å²) < 4.78 is 0. The van der Waals surface area contributed by atoms with Gasteiger partial charge in [-0.25, -0.2) is 0 Å². The molecule has 0 bridgehead atoms. The summed E-state index contributed by atoms with van der Waals surface area (Å²) in [6.07, 6.45) is 2.30. The molecule has 0 atom stereocenters. The van der Waals surface area contributed by atoms with Crippen molar-refractivity contribution in [2.45, 2.75) is 19.4 Å². The monoisotopic (exact) mass is 199 g/mol. The third-order valence-corrected chi connectivity index (χ3v) is 2.91. The van der Waals surface area contributed by atoms with E-state index < -0.39 is 0 Å². The van der Waals surface area contributed by atoms with E-state index in [0.717, 1.165) is 25.2 Å². The van der Waals surface area contributed by atoms with Crippen LogP contribution in [0.4, 0.5) is 0 Å². The van der Waals surface area contributed by atoms with Gasteiger partial charge >= 0.3 is 0 Å². The summed E-state index contributed by atoms with van der Waals surface area (Å²) in [7, 11) is 0. The maximum Gasteiger partial charge on any atom is 0.0429 e. The second-order valence-electron chi connectivity index (χ2n) is 4.06. The van der Waals surface area contributed by atoms with E-state index in [1.54, 1.807) is 0 Å². The van der Waals surface area contributed by atoms with Crippen molar-refractivity contribution in [3.8, 4) is 0 Å². The molecule has 0 aliphatic carbocycles. The molecular weight excluding hydrogens is 182 g/mol. The van der Waals surface area contributed by atoms with Gasteiger partial charge in [-0.2, -0.15) is 0 Å². The van der Waals surface area contributed by atoms with Crippen molar-refractivity contribution in [2.24, 2.45) is 0 Å². The normalized spacial score (nSPS) is 16.9. The predicted octanol–water partition coefficient (Wildman–Crippen LogP) is 3.35. The van der Waals surface area contributed by atoms with Crippen LogP contribution in [-0.4, -0.2) is 11.4 Å². The molecule has 1 saturated heterocycles. The maximum atomic E-state index is 4.10. The van der Waals surface area contributed by atoms with Crippen LogP contribution in [0.3, 0.4) is 0 Å². The van der Waals surface area contributed by atoms with Crippen molar-refractivity contribution in [3.63, 3.8) is 0 Å². The lowest BCUT2D eigenvalue weighted by Gasteiger charge is -2.32. The summed E-state index contributed by atoms with van der Waals surface area (Å²) in [6.45, 7) is 10.2. The van der Waals surface area contributed by atoms with Gasteiger partial charge in [0.05, 0.1) is 0 Å². The van der Waals surface area contributed by atoms with Gasteiger partial charge in [0, 0.05) is 18.8 Å². The molecule has 0 spiro atoms. The second-order valence-corrected chi connectivity index (χ2v) is 4.06. The molecule has 1 heteroatoms. The second kappa shape index (κ2) is 4.35. The smallest absolute Gasteiger partial charge is 0.0429 e. The molecule has 1 nitrogen and oxygen atoms in total. The summed E-state index contributed by atoms with van der Waals surface area (Å²) in [5.41, 5.74) is 3.65. The number of hydrogen-bond donors (Lipinski definition) is 0. The fraction of sp³-hybridized carbons (Fsp3) is 0.286. The molecule has 0 N–H and O–H groups in total. The zero-order chi connectivity index (χ0) is 10.7. The average molecular weight is 199 g/mol. The van der Waals surface area contributed by atoms with E-state index in [4.69, 9.17) is 0 Å². The van der Waals surface area contributed by atoms with Crippen LogP contribution in [0.25, 0.3) is 0 Å². The van der Waals surface area contributed by atoms with E-state index in [-0.39, 0.29) is 0 Å². The number of hydrogen-bond acceptors (Lipinski definition) is 1. The lowest BCUT2D eigenvalue weighted by atomic mass is 10.0. The molecule has 0 amide bonds. The molecule has 0 aromatic heterocycles. The number of allylic oxidation sites excluding steroid dienone is 1. The molecule has 78 valence electrons. The Labute approximate surface area is 91.7 Å². The molecular formula is C14H17N. The number of benzene rings is 1. The van der Waals surface area contributed by atoms with Crippen LogP contribution in [0.2, 0.25) is 0 Å². The molecule has 1 aliphatic heterocycles. The third-order valence-electron chi connectivity index (χ3n) is 2.91. The zero-order valence-corrected chi connectivity index (χ0v) is 9.08. The van der Waals surface area contributed by atoms with Crippen LogP contribution >= 0.6 is 0 Å². The van der Waals surface area contributed by atoms with Crippen LogP contribution in [-0.2, 0) is 6.54 Å². The molecule has 2 rings (SSSR count). The molecule has 1 heterocycles. The van der Waals surface area contributed by atoms with E-state index >= 15 is 0 Å². The first-order valence-electron chi connectivity index (χ1n) is 5.43. The zero-order valence-electron chi connectivity index (χ0n) is 9.08. The fourth-order valence-electron chi connectivity index (χ4n) is 1.96. The van der Waals surface area contributed by atoms with Crippen molar-refractivity contribution in [3.05, 3.63) is 60.3 Å². The summed E-state index contributed by atoms with van der Waals surface area (Å²) >= 11 is 0. The summed E-state index contributed by atoms with van der Waals surface area (Å²) in [5, 5.41) is 0. The Morgan fingerprint density at radius 1 is 1.13 bits per heavy atom. The van der Waals surface area contributed by atoms with Gasteiger partial charge in [0.15, 0.2) is 0 Å². The highest BCUT2D eigenvalue weighted by Gasteiger charge is 2.15. The van der Waals surface area contributed by atoms with Gasteiger partial charge < -0.3 is 4.90 Å². The van der Waals surface area contributed by atoms with E-state index in [1.807, 2.05) is 6.07 Å². The minimum absolute atomic E-state index is 0.957. The number of piperidine rings is 1. The minimum Gasteiger partial charge on any atom is -0.367 e. The van der Waals surface area contributed by atoms with Crippen molar-refractivity contribution < 1.29 is 0 Å². The van der Waals surface area contributed by atoms with E-state index in [9.17, 15) is 0 Å². The molecule has 1 aromatic carbocycles. The first kappa shape index (κ1) is 10.0. The maximum absolute atomic E-state index is 4.10. The van der Waals surface area contributed by atoms with Crippen molar-refractivity contribution in [1.82, 2.24) is 4.90 Å². The summed E-state index contributed by atoms with van der Waals surface area (Å²) in [6, 6.07) is 10.5. The minimum atomic E-state index is 0.957. The lowest BCUT2D eigenvalue weighted by molar-refractivity contribution is 0.315. The largest absolute Gasteiger partial charge is 0.367 e. The Balaban J connectivity index is 2.06. The molecule has 1 fully saturated rings. The third kappa shape index (κ3) is 2.30. The summed E-state index contributed by atoms with van der Waals surface area (Å²) in [4.78, 5) is 2.32. The molecule has 1 aliphatic rings. The Morgan fingerprint density at radius 2 is 1.87 bits per heavy atom. The van der Waals surface area contributed by atoms with E-state index in [1.165, 1.54) is 17.6 Å². The Bertz CT molecular complexity index is 364.